The molecule has 0 aliphatic rings. The van der Waals surface area contributed by atoms with E-state index in [1.54, 1.807) is 50.6 Å². The molecule has 0 aliphatic heterocycles. The van der Waals surface area contributed by atoms with Crippen LogP contribution in [0.4, 0.5) is 0 Å². The minimum absolute atomic E-state index is 0.307. The zero-order chi connectivity index (χ0) is 15.4. The number of ether oxygens (including phenoxy) is 2. The fourth-order valence-corrected chi connectivity index (χ4v) is 2.68. The van der Waals surface area contributed by atoms with Gasteiger partial charge in [0.2, 0.25) is 0 Å². The van der Waals surface area contributed by atoms with Crippen LogP contribution >= 0.6 is 23.2 Å². The zero-order valence-corrected chi connectivity index (χ0v) is 13.3. The van der Waals surface area contributed by atoms with Crippen molar-refractivity contribution in [1.82, 2.24) is 0 Å². The molecule has 2 aromatic rings. The van der Waals surface area contributed by atoms with E-state index in [1.807, 2.05) is 0 Å². The molecule has 0 fully saturated rings. The Balaban J connectivity index is 2.30. The summed E-state index contributed by atoms with van der Waals surface area (Å²) in [5.41, 5.74) is 1.38. The summed E-state index contributed by atoms with van der Waals surface area (Å²) in [6.45, 7) is 0. The van der Waals surface area contributed by atoms with Crippen LogP contribution in [0.3, 0.4) is 0 Å². The van der Waals surface area contributed by atoms with E-state index in [0.29, 0.717) is 39.1 Å². The van der Waals surface area contributed by atoms with Crippen molar-refractivity contribution in [2.75, 3.05) is 14.2 Å². The number of rotatable bonds is 5. The quantitative estimate of drug-likeness (QED) is 0.890. The summed E-state index contributed by atoms with van der Waals surface area (Å²) in [5.74, 6) is 1.23. The molecule has 0 bridgehead atoms. The van der Waals surface area contributed by atoms with Crippen molar-refractivity contribution in [2.24, 2.45) is 0 Å². The predicted molar refractivity (Wildman–Crippen MR) is 84.7 cm³/mol. The number of aliphatic hydroxyl groups excluding tert-OH is 1. The maximum absolute atomic E-state index is 10.5. The van der Waals surface area contributed by atoms with Crippen LogP contribution in [0, 0.1) is 0 Å². The maximum Gasteiger partial charge on any atom is 0.128 e. The van der Waals surface area contributed by atoms with Crippen LogP contribution < -0.4 is 9.47 Å². The van der Waals surface area contributed by atoms with Crippen molar-refractivity contribution in [3.05, 3.63) is 57.6 Å². The number of hydrogen-bond donors (Lipinski definition) is 1. The lowest BCUT2D eigenvalue weighted by Crippen LogP contribution is -2.05. The average Bonchev–Trinajstić information content (AvgIpc) is 2.50. The highest BCUT2D eigenvalue weighted by Crippen LogP contribution is 2.34. The smallest absolute Gasteiger partial charge is 0.128 e. The van der Waals surface area contributed by atoms with Crippen molar-refractivity contribution in [3.63, 3.8) is 0 Å². The third kappa shape index (κ3) is 3.62. The minimum Gasteiger partial charge on any atom is -0.497 e. The summed E-state index contributed by atoms with van der Waals surface area (Å²) in [5, 5.41) is 11.5. The first-order valence-electron chi connectivity index (χ1n) is 6.39. The Bertz CT molecular complexity index is 609. The fourth-order valence-electron chi connectivity index (χ4n) is 2.12. The largest absolute Gasteiger partial charge is 0.497 e. The van der Waals surface area contributed by atoms with Crippen molar-refractivity contribution in [1.29, 1.82) is 0 Å². The van der Waals surface area contributed by atoms with Crippen LogP contribution in [0.2, 0.25) is 10.0 Å². The second-order valence-corrected chi connectivity index (χ2v) is 5.34. The molecule has 2 rings (SSSR count). The molecule has 0 radical (unpaired) electrons. The first kappa shape index (κ1) is 16.0. The Morgan fingerprint density at radius 2 is 1.71 bits per heavy atom. The molecule has 0 amide bonds. The molecule has 0 aromatic heterocycles. The van der Waals surface area contributed by atoms with E-state index < -0.39 is 6.10 Å². The standard InChI is InChI=1S/C16H16Cl2O3/c1-20-10-6-7-11(16(8-10)21-2)15(19)9-12-13(17)4-3-5-14(12)18/h3-8,15,19H,9H2,1-2H3. The molecule has 2 aromatic carbocycles. The highest BCUT2D eigenvalue weighted by Gasteiger charge is 2.17. The highest BCUT2D eigenvalue weighted by molar-refractivity contribution is 6.36. The fraction of sp³-hybridized carbons (Fsp3) is 0.250. The lowest BCUT2D eigenvalue weighted by molar-refractivity contribution is 0.174. The molecule has 1 atom stereocenters. The van der Waals surface area contributed by atoms with Gasteiger partial charge in [-0.1, -0.05) is 29.3 Å². The van der Waals surface area contributed by atoms with Crippen molar-refractivity contribution < 1.29 is 14.6 Å². The molecule has 0 heterocycles. The van der Waals surface area contributed by atoms with E-state index in [-0.39, 0.29) is 0 Å². The molecule has 0 saturated carbocycles. The van der Waals surface area contributed by atoms with Gasteiger partial charge in [-0.3, -0.25) is 0 Å². The Kier molecular flexibility index (Phi) is 5.34. The van der Waals surface area contributed by atoms with E-state index in [4.69, 9.17) is 32.7 Å². The lowest BCUT2D eigenvalue weighted by Gasteiger charge is -2.17. The van der Waals surface area contributed by atoms with Gasteiger partial charge in [-0.2, -0.15) is 0 Å². The summed E-state index contributed by atoms with van der Waals surface area (Å²) in [4.78, 5) is 0. The number of hydrogen-bond acceptors (Lipinski definition) is 3. The van der Waals surface area contributed by atoms with Gasteiger partial charge in [0, 0.05) is 28.1 Å². The second-order valence-electron chi connectivity index (χ2n) is 4.53. The topological polar surface area (TPSA) is 38.7 Å². The van der Waals surface area contributed by atoms with Gasteiger partial charge in [-0.05, 0) is 29.8 Å². The lowest BCUT2D eigenvalue weighted by atomic mass is 10.0. The maximum atomic E-state index is 10.5. The van der Waals surface area contributed by atoms with E-state index >= 15 is 0 Å². The number of aliphatic hydroxyl groups is 1. The molecule has 1 unspecified atom stereocenters. The Hall–Kier alpha value is -1.42. The molecular weight excluding hydrogens is 311 g/mol. The molecule has 112 valence electrons. The average molecular weight is 327 g/mol. The Labute approximate surface area is 134 Å². The SMILES string of the molecule is COc1ccc(C(O)Cc2c(Cl)cccc2Cl)c(OC)c1. The first-order valence-corrected chi connectivity index (χ1v) is 7.15. The van der Waals surface area contributed by atoms with Gasteiger partial charge in [0.05, 0.1) is 20.3 Å². The monoisotopic (exact) mass is 326 g/mol. The third-order valence-electron chi connectivity index (χ3n) is 3.26. The van der Waals surface area contributed by atoms with Gasteiger partial charge < -0.3 is 14.6 Å². The molecule has 21 heavy (non-hydrogen) atoms. The van der Waals surface area contributed by atoms with Crippen LogP contribution in [0.1, 0.15) is 17.2 Å². The minimum atomic E-state index is -0.775. The summed E-state index contributed by atoms with van der Waals surface area (Å²) < 4.78 is 10.4. The normalized spacial score (nSPS) is 12.0. The molecule has 0 saturated heterocycles. The van der Waals surface area contributed by atoms with Gasteiger partial charge in [0.25, 0.3) is 0 Å². The van der Waals surface area contributed by atoms with Crippen LogP contribution in [0.25, 0.3) is 0 Å². The van der Waals surface area contributed by atoms with Gasteiger partial charge in [-0.15, -0.1) is 0 Å². The third-order valence-corrected chi connectivity index (χ3v) is 3.97. The molecule has 1 N–H and O–H groups in total. The summed E-state index contributed by atoms with van der Waals surface area (Å²) in [6.07, 6.45) is -0.468. The van der Waals surface area contributed by atoms with Crippen LogP contribution in [-0.4, -0.2) is 19.3 Å². The zero-order valence-electron chi connectivity index (χ0n) is 11.8. The van der Waals surface area contributed by atoms with E-state index in [1.165, 1.54) is 0 Å². The number of halogens is 2. The molecule has 0 spiro atoms. The van der Waals surface area contributed by atoms with Gasteiger partial charge in [-0.25, -0.2) is 0 Å². The van der Waals surface area contributed by atoms with Gasteiger partial charge >= 0.3 is 0 Å². The van der Waals surface area contributed by atoms with E-state index in [0.717, 1.165) is 0 Å². The molecule has 5 heteroatoms. The van der Waals surface area contributed by atoms with Gasteiger partial charge in [0.1, 0.15) is 11.5 Å². The van der Waals surface area contributed by atoms with Gasteiger partial charge in [0.15, 0.2) is 0 Å². The van der Waals surface area contributed by atoms with Crippen LogP contribution in [-0.2, 0) is 6.42 Å². The van der Waals surface area contributed by atoms with Crippen molar-refractivity contribution in [3.8, 4) is 11.5 Å². The molecule has 3 nitrogen and oxygen atoms in total. The first-order chi connectivity index (χ1) is 10.1. The summed E-state index contributed by atoms with van der Waals surface area (Å²) >= 11 is 12.3. The van der Waals surface area contributed by atoms with Crippen LogP contribution in [0.15, 0.2) is 36.4 Å². The number of benzene rings is 2. The highest BCUT2D eigenvalue weighted by atomic mass is 35.5. The summed E-state index contributed by atoms with van der Waals surface area (Å²) in [6, 6.07) is 10.5. The second kappa shape index (κ2) is 7.03. The van der Waals surface area contributed by atoms with Crippen molar-refractivity contribution in [2.45, 2.75) is 12.5 Å². The predicted octanol–water partition coefficient (Wildman–Crippen LogP) is 4.29. The Morgan fingerprint density at radius 1 is 1.05 bits per heavy atom. The Morgan fingerprint density at radius 3 is 2.29 bits per heavy atom. The van der Waals surface area contributed by atoms with Crippen LogP contribution in [0.5, 0.6) is 11.5 Å². The van der Waals surface area contributed by atoms with E-state index in [2.05, 4.69) is 0 Å². The van der Waals surface area contributed by atoms with Crippen molar-refractivity contribution >= 4 is 23.2 Å². The number of methoxy groups -OCH3 is 2. The van der Waals surface area contributed by atoms with E-state index in [9.17, 15) is 5.11 Å². The summed E-state index contributed by atoms with van der Waals surface area (Å²) in [7, 11) is 3.13. The molecule has 0 aliphatic carbocycles. The molecular formula is C16H16Cl2O3.